The highest BCUT2D eigenvalue weighted by molar-refractivity contribution is 5.77. The summed E-state index contributed by atoms with van der Waals surface area (Å²) in [7, 11) is 0. The predicted molar refractivity (Wildman–Crippen MR) is 70.6 cm³/mol. The van der Waals surface area contributed by atoms with Crippen LogP contribution in [0.25, 0.3) is 0 Å². The van der Waals surface area contributed by atoms with Crippen molar-refractivity contribution >= 4 is 5.91 Å². The van der Waals surface area contributed by atoms with Crippen molar-refractivity contribution in [3.63, 3.8) is 0 Å². The average Bonchev–Trinajstić information content (AvgIpc) is 2.29. The third-order valence-corrected chi connectivity index (χ3v) is 2.00. The molecule has 0 aromatic carbocycles. The molecule has 0 saturated heterocycles. The van der Waals surface area contributed by atoms with Crippen LogP contribution in [0.15, 0.2) is 0 Å². The monoisotopic (exact) mass is 261 g/mol. The highest BCUT2D eigenvalue weighted by Gasteiger charge is 2.11. The van der Waals surface area contributed by atoms with Gasteiger partial charge in [0.15, 0.2) is 0 Å². The minimum Gasteiger partial charge on any atom is -0.379 e. The second-order valence-corrected chi connectivity index (χ2v) is 5.20. The van der Waals surface area contributed by atoms with Crippen LogP contribution in [0.5, 0.6) is 0 Å². The number of hydrogen-bond donors (Lipinski definition) is 1. The number of ether oxygens (including phenoxy) is 3. The van der Waals surface area contributed by atoms with Gasteiger partial charge in [-0.15, -0.1) is 0 Å². The molecule has 18 heavy (non-hydrogen) atoms. The lowest BCUT2D eigenvalue weighted by Gasteiger charge is -2.18. The molecule has 0 aliphatic rings. The Hall–Kier alpha value is -0.650. The van der Waals surface area contributed by atoms with Crippen molar-refractivity contribution < 1.29 is 19.0 Å². The third-order valence-electron chi connectivity index (χ3n) is 2.00. The zero-order valence-corrected chi connectivity index (χ0v) is 12.1. The summed E-state index contributed by atoms with van der Waals surface area (Å²) < 4.78 is 15.6. The van der Waals surface area contributed by atoms with Gasteiger partial charge in [-0.2, -0.15) is 0 Å². The standard InChI is InChI=1S/C13H27NO4/c1-5-16-6-7-17-8-9-18-10-12(15)14-11-13(2,3)4/h5-11H2,1-4H3,(H,14,15). The van der Waals surface area contributed by atoms with Gasteiger partial charge in [0.2, 0.25) is 5.91 Å². The van der Waals surface area contributed by atoms with Gasteiger partial charge in [0.25, 0.3) is 0 Å². The van der Waals surface area contributed by atoms with E-state index in [0.717, 1.165) is 0 Å². The molecule has 1 amide bonds. The van der Waals surface area contributed by atoms with E-state index in [9.17, 15) is 4.79 Å². The van der Waals surface area contributed by atoms with Gasteiger partial charge in [-0.05, 0) is 12.3 Å². The van der Waals surface area contributed by atoms with E-state index in [1.54, 1.807) is 0 Å². The van der Waals surface area contributed by atoms with Crippen LogP contribution < -0.4 is 5.32 Å². The molecule has 5 nitrogen and oxygen atoms in total. The maximum absolute atomic E-state index is 11.4. The molecule has 5 heteroatoms. The molecule has 108 valence electrons. The lowest BCUT2D eigenvalue weighted by atomic mass is 9.97. The minimum absolute atomic E-state index is 0.0840. The third kappa shape index (κ3) is 13.4. The van der Waals surface area contributed by atoms with Crippen LogP contribution in [-0.2, 0) is 19.0 Å². The Morgan fingerprint density at radius 2 is 1.56 bits per heavy atom. The maximum atomic E-state index is 11.4. The van der Waals surface area contributed by atoms with E-state index < -0.39 is 0 Å². The van der Waals surface area contributed by atoms with Crippen molar-refractivity contribution in [2.75, 3.05) is 46.2 Å². The van der Waals surface area contributed by atoms with Crippen LogP contribution in [0.4, 0.5) is 0 Å². The fourth-order valence-electron chi connectivity index (χ4n) is 1.06. The lowest BCUT2D eigenvalue weighted by Crippen LogP contribution is -2.34. The Kier molecular flexibility index (Phi) is 9.92. The molecule has 0 aliphatic heterocycles. The highest BCUT2D eigenvalue weighted by Crippen LogP contribution is 2.09. The van der Waals surface area contributed by atoms with E-state index in [2.05, 4.69) is 26.1 Å². The fourth-order valence-corrected chi connectivity index (χ4v) is 1.06. The maximum Gasteiger partial charge on any atom is 0.246 e. The zero-order valence-electron chi connectivity index (χ0n) is 12.1. The SMILES string of the molecule is CCOCCOCCOCC(=O)NCC(C)(C)C. The van der Waals surface area contributed by atoms with Gasteiger partial charge in [0.05, 0.1) is 26.4 Å². The Balaban J connectivity index is 3.25. The molecule has 0 aromatic rings. The molecule has 0 bridgehead atoms. The molecule has 0 fully saturated rings. The highest BCUT2D eigenvalue weighted by atomic mass is 16.5. The summed E-state index contributed by atoms with van der Waals surface area (Å²) in [6.45, 7) is 11.7. The van der Waals surface area contributed by atoms with Gasteiger partial charge in [0, 0.05) is 13.2 Å². The summed E-state index contributed by atoms with van der Waals surface area (Å²) in [4.78, 5) is 11.4. The molecule has 1 N–H and O–H groups in total. The molecule has 0 aromatic heterocycles. The average molecular weight is 261 g/mol. The van der Waals surface area contributed by atoms with Gasteiger partial charge in [-0.25, -0.2) is 0 Å². The first-order valence-corrected chi connectivity index (χ1v) is 6.45. The number of carbonyl (C=O) groups is 1. The van der Waals surface area contributed by atoms with Crippen LogP contribution in [-0.4, -0.2) is 52.1 Å². The number of rotatable bonds is 10. The van der Waals surface area contributed by atoms with Crippen LogP contribution in [0.1, 0.15) is 27.7 Å². The second-order valence-electron chi connectivity index (χ2n) is 5.20. The molecule has 0 unspecified atom stereocenters. The van der Waals surface area contributed by atoms with Crippen molar-refractivity contribution in [2.24, 2.45) is 5.41 Å². The smallest absolute Gasteiger partial charge is 0.246 e. The molecular weight excluding hydrogens is 234 g/mol. The summed E-state index contributed by atoms with van der Waals surface area (Å²) in [5.74, 6) is -0.0840. The van der Waals surface area contributed by atoms with E-state index in [4.69, 9.17) is 14.2 Å². The minimum atomic E-state index is -0.0840. The van der Waals surface area contributed by atoms with Crippen LogP contribution in [0.3, 0.4) is 0 Å². The summed E-state index contributed by atoms with van der Waals surface area (Å²) in [5, 5.41) is 2.82. The molecule has 0 saturated carbocycles. The first kappa shape index (κ1) is 17.4. The first-order valence-electron chi connectivity index (χ1n) is 6.45. The van der Waals surface area contributed by atoms with Gasteiger partial charge < -0.3 is 19.5 Å². The summed E-state index contributed by atoms with van der Waals surface area (Å²) in [6, 6.07) is 0. The van der Waals surface area contributed by atoms with Crippen molar-refractivity contribution in [2.45, 2.75) is 27.7 Å². The van der Waals surface area contributed by atoms with Gasteiger partial charge in [-0.1, -0.05) is 20.8 Å². The largest absolute Gasteiger partial charge is 0.379 e. The molecule has 0 rings (SSSR count). The Morgan fingerprint density at radius 3 is 2.11 bits per heavy atom. The zero-order chi connectivity index (χ0) is 13.9. The molecule has 0 aliphatic carbocycles. The van der Waals surface area contributed by atoms with Crippen LogP contribution in [0, 0.1) is 5.41 Å². The van der Waals surface area contributed by atoms with Gasteiger partial charge in [0.1, 0.15) is 6.61 Å². The Labute approximate surface area is 110 Å². The normalized spacial score (nSPS) is 11.6. The first-order chi connectivity index (χ1) is 8.45. The van der Waals surface area contributed by atoms with Crippen LogP contribution >= 0.6 is 0 Å². The molecular formula is C13H27NO4. The van der Waals surface area contributed by atoms with E-state index in [1.165, 1.54) is 0 Å². The molecule has 0 spiro atoms. The van der Waals surface area contributed by atoms with Crippen LogP contribution in [0.2, 0.25) is 0 Å². The van der Waals surface area contributed by atoms with Crippen molar-refractivity contribution in [3.05, 3.63) is 0 Å². The van der Waals surface area contributed by atoms with Gasteiger partial charge in [-0.3, -0.25) is 4.79 Å². The van der Waals surface area contributed by atoms with Crippen molar-refractivity contribution in [1.29, 1.82) is 0 Å². The Bertz CT molecular complexity index is 214. The second kappa shape index (κ2) is 10.3. The predicted octanol–water partition coefficient (Wildman–Crippen LogP) is 1.22. The fraction of sp³-hybridized carbons (Fsp3) is 0.923. The van der Waals surface area contributed by atoms with Crippen molar-refractivity contribution in [3.8, 4) is 0 Å². The van der Waals surface area contributed by atoms with E-state index in [0.29, 0.717) is 39.6 Å². The summed E-state index contributed by atoms with van der Waals surface area (Å²) in [6.07, 6.45) is 0. The van der Waals surface area contributed by atoms with Crippen molar-refractivity contribution in [1.82, 2.24) is 5.32 Å². The molecule has 0 radical (unpaired) electrons. The Morgan fingerprint density at radius 1 is 1.00 bits per heavy atom. The van der Waals surface area contributed by atoms with E-state index >= 15 is 0 Å². The number of amides is 1. The number of carbonyl (C=O) groups excluding carboxylic acids is 1. The summed E-state index contributed by atoms with van der Waals surface area (Å²) >= 11 is 0. The molecule has 0 heterocycles. The topological polar surface area (TPSA) is 56.8 Å². The van der Waals surface area contributed by atoms with E-state index in [-0.39, 0.29) is 17.9 Å². The number of hydrogen-bond acceptors (Lipinski definition) is 4. The van der Waals surface area contributed by atoms with E-state index in [1.807, 2.05) is 6.92 Å². The van der Waals surface area contributed by atoms with Gasteiger partial charge >= 0.3 is 0 Å². The quantitative estimate of drug-likeness (QED) is 0.601. The summed E-state index contributed by atoms with van der Waals surface area (Å²) in [5.41, 5.74) is 0.0953. The lowest BCUT2D eigenvalue weighted by molar-refractivity contribution is -0.126. The number of nitrogens with one attached hydrogen (secondary N) is 1. The molecule has 0 atom stereocenters.